The summed E-state index contributed by atoms with van der Waals surface area (Å²) in [6.45, 7) is -0.00947. The average Bonchev–Trinajstić information content (AvgIpc) is 2.79. The quantitative estimate of drug-likeness (QED) is 0.468. The lowest BCUT2D eigenvalue weighted by Crippen LogP contribution is -2.33. The molecule has 4 unspecified atom stereocenters. The van der Waals surface area contributed by atoms with Crippen LogP contribution in [0.5, 0.6) is 5.75 Å². The van der Waals surface area contributed by atoms with Crippen LogP contribution in [0.1, 0.15) is 68.1 Å². The molecule has 0 aromatic heterocycles. The second-order valence-electron chi connectivity index (χ2n) is 8.81. The molecule has 2 nitrogen and oxygen atoms in total. The van der Waals surface area contributed by atoms with Crippen molar-refractivity contribution in [2.75, 3.05) is 6.61 Å². The summed E-state index contributed by atoms with van der Waals surface area (Å²) in [5.74, 6) is 7.36. The molecule has 32 heavy (non-hydrogen) atoms. The van der Waals surface area contributed by atoms with Gasteiger partial charge in [-0.1, -0.05) is 17.9 Å². The first-order chi connectivity index (χ1) is 15.5. The Labute approximate surface area is 188 Å². The topological polar surface area (TPSA) is 18.5 Å². The van der Waals surface area contributed by atoms with Crippen LogP contribution in [-0.2, 0) is 4.74 Å². The maximum absolute atomic E-state index is 14.8. The highest BCUT2D eigenvalue weighted by Crippen LogP contribution is 2.46. The average molecular weight is 443 g/mol. The third-order valence-electron chi connectivity index (χ3n) is 6.85. The van der Waals surface area contributed by atoms with Crippen LogP contribution < -0.4 is 4.74 Å². The molecule has 0 spiro atoms. The minimum absolute atomic E-state index is 0.0715. The van der Waals surface area contributed by atoms with Crippen LogP contribution in [0.15, 0.2) is 42.5 Å². The molecule has 2 aliphatic carbocycles. The first-order valence-corrected chi connectivity index (χ1v) is 11.5. The maximum Gasteiger partial charge on any atom is 0.387 e. The van der Waals surface area contributed by atoms with Crippen molar-refractivity contribution in [3.05, 3.63) is 65.0 Å². The Morgan fingerprint density at radius 3 is 2.41 bits per heavy atom. The van der Waals surface area contributed by atoms with E-state index in [1.807, 2.05) is 6.07 Å². The molecule has 0 aliphatic heterocycles. The van der Waals surface area contributed by atoms with Gasteiger partial charge in [0.05, 0.1) is 11.7 Å². The molecular weight excluding hydrogens is 413 g/mol. The van der Waals surface area contributed by atoms with Gasteiger partial charge in [0.15, 0.2) is 0 Å². The standard InChI is InChI=1S/C27H29F3O2/c1-2-31-25-14-11-21-15-20(9-10-22(21)16-25)23-8-7-19(26(28)17-23)6-3-18-4-12-24(13-5-18)32-27(29)30/h4-5,7-8,12-13,17,20-22,25,27H,2,9-11,14-16H2,1H3. The Morgan fingerprint density at radius 2 is 1.69 bits per heavy atom. The van der Waals surface area contributed by atoms with E-state index in [2.05, 4.69) is 23.5 Å². The molecule has 2 aromatic rings. The Bertz CT molecular complexity index is 961. The first kappa shape index (κ1) is 22.7. The molecule has 0 N–H and O–H groups in total. The lowest BCUT2D eigenvalue weighted by Gasteiger charge is -2.42. The predicted octanol–water partition coefficient (Wildman–Crippen LogP) is 6.92. The fourth-order valence-electron chi connectivity index (χ4n) is 5.28. The molecule has 2 aliphatic rings. The molecule has 0 radical (unpaired) electrons. The van der Waals surface area contributed by atoms with Gasteiger partial charge in [0.25, 0.3) is 0 Å². The summed E-state index contributed by atoms with van der Waals surface area (Å²) in [4.78, 5) is 0. The summed E-state index contributed by atoms with van der Waals surface area (Å²) in [6.07, 6.45) is 7.34. The molecule has 4 rings (SSSR count). The van der Waals surface area contributed by atoms with Crippen LogP contribution in [-0.4, -0.2) is 19.3 Å². The van der Waals surface area contributed by atoms with Crippen LogP contribution in [0.3, 0.4) is 0 Å². The van der Waals surface area contributed by atoms with Crippen LogP contribution in [0.25, 0.3) is 0 Å². The second-order valence-corrected chi connectivity index (χ2v) is 8.81. The van der Waals surface area contributed by atoms with Crippen molar-refractivity contribution in [3.8, 4) is 17.6 Å². The number of benzene rings is 2. The van der Waals surface area contributed by atoms with Gasteiger partial charge in [0, 0.05) is 12.2 Å². The molecule has 5 heteroatoms. The Hall–Kier alpha value is -2.45. The highest BCUT2D eigenvalue weighted by atomic mass is 19.3. The van der Waals surface area contributed by atoms with E-state index in [0.717, 1.165) is 37.4 Å². The van der Waals surface area contributed by atoms with Gasteiger partial charge in [-0.15, -0.1) is 0 Å². The van der Waals surface area contributed by atoms with E-state index in [1.54, 1.807) is 24.3 Å². The van der Waals surface area contributed by atoms with Crippen molar-refractivity contribution in [3.63, 3.8) is 0 Å². The normalized spacial score (nSPS) is 25.0. The number of hydrogen-bond donors (Lipinski definition) is 0. The van der Waals surface area contributed by atoms with Gasteiger partial charge in [-0.05, 0) is 105 Å². The van der Waals surface area contributed by atoms with Gasteiger partial charge in [-0.3, -0.25) is 0 Å². The molecule has 2 saturated carbocycles. The second kappa shape index (κ2) is 10.4. The summed E-state index contributed by atoms with van der Waals surface area (Å²) in [7, 11) is 0. The molecular formula is C27H29F3O2. The van der Waals surface area contributed by atoms with Crippen molar-refractivity contribution >= 4 is 0 Å². The van der Waals surface area contributed by atoms with Crippen LogP contribution >= 0.6 is 0 Å². The molecule has 4 atom stereocenters. The number of fused-ring (bicyclic) bond motifs is 1. The molecule has 0 saturated heterocycles. The van der Waals surface area contributed by atoms with Crippen molar-refractivity contribution < 1.29 is 22.6 Å². The van der Waals surface area contributed by atoms with Crippen LogP contribution in [0.2, 0.25) is 0 Å². The molecule has 2 aromatic carbocycles. The minimum Gasteiger partial charge on any atom is -0.435 e. The fourth-order valence-corrected chi connectivity index (χ4v) is 5.28. The van der Waals surface area contributed by atoms with E-state index in [1.165, 1.54) is 31.4 Å². The molecule has 2 fully saturated rings. The lowest BCUT2D eigenvalue weighted by molar-refractivity contribution is -0.0498. The maximum atomic E-state index is 14.8. The highest BCUT2D eigenvalue weighted by Gasteiger charge is 2.36. The highest BCUT2D eigenvalue weighted by molar-refractivity contribution is 5.45. The third-order valence-corrected chi connectivity index (χ3v) is 6.85. The SMILES string of the molecule is CCOC1CCC2CC(c3ccc(C#Cc4ccc(OC(F)F)cc4)c(F)c3)CCC2C1. The molecule has 0 heterocycles. The molecule has 0 bridgehead atoms. The number of hydrogen-bond acceptors (Lipinski definition) is 2. The van der Waals surface area contributed by atoms with E-state index < -0.39 is 6.61 Å². The van der Waals surface area contributed by atoms with Crippen LogP contribution in [0.4, 0.5) is 13.2 Å². The summed E-state index contributed by atoms with van der Waals surface area (Å²) in [6, 6.07) is 11.4. The first-order valence-electron chi connectivity index (χ1n) is 11.5. The zero-order chi connectivity index (χ0) is 22.5. The minimum atomic E-state index is -2.86. The van der Waals surface area contributed by atoms with Crippen molar-refractivity contribution in [1.82, 2.24) is 0 Å². The van der Waals surface area contributed by atoms with Gasteiger partial charge in [0.2, 0.25) is 0 Å². The zero-order valence-electron chi connectivity index (χ0n) is 18.3. The summed E-state index contributed by atoms with van der Waals surface area (Å²) >= 11 is 0. The molecule has 0 amide bonds. The summed E-state index contributed by atoms with van der Waals surface area (Å²) < 4.78 is 49.4. The number of halogens is 3. The van der Waals surface area contributed by atoms with Gasteiger partial charge in [-0.2, -0.15) is 8.78 Å². The molecule has 170 valence electrons. The number of ether oxygens (including phenoxy) is 2. The Morgan fingerprint density at radius 1 is 0.938 bits per heavy atom. The van der Waals surface area contributed by atoms with E-state index in [0.29, 0.717) is 29.1 Å². The zero-order valence-corrected chi connectivity index (χ0v) is 18.3. The lowest BCUT2D eigenvalue weighted by atomic mass is 9.65. The van der Waals surface area contributed by atoms with E-state index in [4.69, 9.17) is 4.74 Å². The van der Waals surface area contributed by atoms with E-state index in [9.17, 15) is 13.2 Å². The largest absolute Gasteiger partial charge is 0.435 e. The van der Waals surface area contributed by atoms with Crippen LogP contribution in [0, 0.1) is 29.5 Å². The monoisotopic (exact) mass is 442 g/mol. The van der Waals surface area contributed by atoms with Gasteiger partial charge >= 0.3 is 6.61 Å². The van der Waals surface area contributed by atoms with E-state index >= 15 is 0 Å². The number of alkyl halides is 2. The van der Waals surface area contributed by atoms with E-state index in [-0.39, 0.29) is 11.6 Å². The predicted molar refractivity (Wildman–Crippen MR) is 118 cm³/mol. The van der Waals surface area contributed by atoms with Gasteiger partial charge in [-0.25, -0.2) is 4.39 Å². The number of rotatable bonds is 5. The van der Waals surface area contributed by atoms with Gasteiger partial charge < -0.3 is 9.47 Å². The Kier molecular flexibility index (Phi) is 7.42. The smallest absolute Gasteiger partial charge is 0.387 e. The van der Waals surface area contributed by atoms with Crippen molar-refractivity contribution in [2.24, 2.45) is 11.8 Å². The summed E-state index contributed by atoms with van der Waals surface area (Å²) in [5, 5.41) is 0. The van der Waals surface area contributed by atoms with Gasteiger partial charge in [0.1, 0.15) is 11.6 Å². The van der Waals surface area contributed by atoms with Crippen molar-refractivity contribution in [2.45, 2.75) is 64.1 Å². The third kappa shape index (κ3) is 5.66. The Balaban J connectivity index is 1.39. The van der Waals surface area contributed by atoms with Crippen molar-refractivity contribution in [1.29, 1.82) is 0 Å². The summed E-state index contributed by atoms with van der Waals surface area (Å²) in [5.41, 5.74) is 2.01. The fraction of sp³-hybridized carbons (Fsp3) is 0.481.